The van der Waals surface area contributed by atoms with Crippen LogP contribution >= 0.6 is 0 Å². The lowest BCUT2D eigenvalue weighted by molar-refractivity contribution is -0.141. The second kappa shape index (κ2) is 7.03. The molecule has 0 fully saturated rings. The van der Waals surface area contributed by atoms with Crippen molar-refractivity contribution < 1.29 is 18.3 Å². The molecule has 0 radical (unpaired) electrons. The zero-order valence-corrected chi connectivity index (χ0v) is 11.9. The Morgan fingerprint density at radius 1 is 1.50 bits per heavy atom. The number of nitriles is 1. The molecular weight excluding hydrogens is 280 g/mol. The van der Waals surface area contributed by atoms with E-state index in [1.807, 2.05) is 6.07 Å². The number of hydrogen-bond acceptors (Lipinski definition) is 4. The molecule has 1 aromatic carbocycles. The van der Waals surface area contributed by atoms with Crippen LogP contribution < -0.4 is 4.72 Å². The molecule has 0 saturated carbocycles. The smallest absolute Gasteiger partial charge is 0.306 e. The molecule has 108 valence electrons. The van der Waals surface area contributed by atoms with Crippen molar-refractivity contribution in [2.24, 2.45) is 5.92 Å². The van der Waals surface area contributed by atoms with Crippen molar-refractivity contribution in [2.75, 3.05) is 6.54 Å². The summed E-state index contributed by atoms with van der Waals surface area (Å²) in [7, 11) is -3.66. The van der Waals surface area contributed by atoms with Crippen molar-refractivity contribution in [3.63, 3.8) is 0 Å². The van der Waals surface area contributed by atoms with Crippen LogP contribution in [0, 0.1) is 17.2 Å². The summed E-state index contributed by atoms with van der Waals surface area (Å²) >= 11 is 0. The first-order chi connectivity index (χ1) is 9.36. The van der Waals surface area contributed by atoms with Gasteiger partial charge in [0, 0.05) is 6.54 Å². The Morgan fingerprint density at radius 2 is 2.20 bits per heavy atom. The first-order valence-electron chi connectivity index (χ1n) is 6.09. The molecule has 1 atom stereocenters. The maximum Gasteiger partial charge on any atom is 0.306 e. The van der Waals surface area contributed by atoms with Crippen LogP contribution in [-0.2, 0) is 14.8 Å². The maximum absolute atomic E-state index is 11.9. The number of sulfonamides is 1. The van der Waals surface area contributed by atoms with E-state index < -0.39 is 21.9 Å². The van der Waals surface area contributed by atoms with Crippen LogP contribution in [0.1, 0.15) is 25.3 Å². The van der Waals surface area contributed by atoms with E-state index in [-0.39, 0.29) is 17.0 Å². The van der Waals surface area contributed by atoms with Gasteiger partial charge in [0.2, 0.25) is 10.0 Å². The normalized spacial score (nSPS) is 12.6. The largest absolute Gasteiger partial charge is 0.481 e. The highest BCUT2D eigenvalue weighted by atomic mass is 32.2. The molecule has 7 heteroatoms. The van der Waals surface area contributed by atoms with Gasteiger partial charge in [-0.1, -0.05) is 13.0 Å². The zero-order chi connectivity index (χ0) is 15.2. The minimum absolute atomic E-state index is 0.0304. The average Bonchev–Trinajstić information content (AvgIpc) is 2.43. The summed E-state index contributed by atoms with van der Waals surface area (Å²) in [5.74, 6) is -1.39. The molecule has 0 saturated heterocycles. The topological polar surface area (TPSA) is 107 Å². The molecule has 0 heterocycles. The fraction of sp³-hybridized carbons (Fsp3) is 0.385. The Bertz CT molecular complexity index is 620. The molecule has 0 aromatic heterocycles. The van der Waals surface area contributed by atoms with Crippen molar-refractivity contribution >= 4 is 16.0 Å². The molecule has 1 unspecified atom stereocenters. The summed E-state index contributed by atoms with van der Waals surface area (Å²) in [6, 6.07) is 7.60. The van der Waals surface area contributed by atoms with Crippen molar-refractivity contribution in [3.8, 4) is 6.07 Å². The fourth-order valence-corrected chi connectivity index (χ4v) is 2.67. The summed E-state index contributed by atoms with van der Waals surface area (Å²) in [5.41, 5.74) is 0.271. The van der Waals surface area contributed by atoms with Gasteiger partial charge in [-0.3, -0.25) is 4.79 Å². The van der Waals surface area contributed by atoms with Gasteiger partial charge in [-0.05, 0) is 31.0 Å². The highest BCUT2D eigenvalue weighted by Gasteiger charge is 2.15. The standard InChI is InChI=1S/C13H16N2O4S/c1-10(13(16)17)4-3-7-15-20(18,19)12-6-2-5-11(8-12)9-14/h2,5-6,8,10,15H,3-4,7H2,1H3,(H,16,17). The van der Waals surface area contributed by atoms with E-state index in [1.165, 1.54) is 24.3 Å². The molecule has 1 aromatic rings. The van der Waals surface area contributed by atoms with Crippen molar-refractivity contribution in [2.45, 2.75) is 24.7 Å². The maximum atomic E-state index is 11.9. The fourth-order valence-electron chi connectivity index (χ4n) is 1.55. The quantitative estimate of drug-likeness (QED) is 0.738. The number of hydrogen-bond donors (Lipinski definition) is 2. The summed E-state index contributed by atoms with van der Waals surface area (Å²) in [5, 5.41) is 17.4. The molecule has 2 N–H and O–H groups in total. The molecule has 0 aliphatic carbocycles. The molecule has 20 heavy (non-hydrogen) atoms. The third-order valence-corrected chi connectivity index (χ3v) is 4.26. The number of rotatable bonds is 7. The van der Waals surface area contributed by atoms with Crippen LogP contribution in [0.15, 0.2) is 29.2 Å². The van der Waals surface area contributed by atoms with Crippen LogP contribution in [0.25, 0.3) is 0 Å². The third-order valence-electron chi connectivity index (χ3n) is 2.80. The number of nitrogens with zero attached hydrogens (tertiary/aromatic N) is 1. The molecular formula is C13H16N2O4S. The van der Waals surface area contributed by atoms with Gasteiger partial charge < -0.3 is 5.11 Å². The van der Waals surface area contributed by atoms with Crippen LogP contribution in [0.5, 0.6) is 0 Å². The van der Waals surface area contributed by atoms with Gasteiger partial charge in [-0.15, -0.1) is 0 Å². The van der Waals surface area contributed by atoms with Crippen molar-refractivity contribution in [1.29, 1.82) is 5.26 Å². The highest BCUT2D eigenvalue weighted by molar-refractivity contribution is 7.89. The second-order valence-electron chi connectivity index (χ2n) is 4.42. The second-order valence-corrected chi connectivity index (χ2v) is 6.19. The van der Waals surface area contributed by atoms with Crippen LogP contribution in [0.2, 0.25) is 0 Å². The Morgan fingerprint density at radius 3 is 2.80 bits per heavy atom. The number of aliphatic carboxylic acids is 1. The summed E-state index contributed by atoms with van der Waals surface area (Å²) < 4.78 is 26.3. The monoisotopic (exact) mass is 296 g/mol. The predicted octanol–water partition coefficient (Wildman–Crippen LogP) is 1.34. The molecule has 6 nitrogen and oxygen atoms in total. The minimum Gasteiger partial charge on any atom is -0.481 e. The van der Waals surface area contributed by atoms with Crippen molar-refractivity contribution in [1.82, 2.24) is 4.72 Å². The van der Waals surface area contributed by atoms with E-state index in [2.05, 4.69) is 4.72 Å². The summed E-state index contributed by atoms with van der Waals surface area (Å²) in [6.45, 7) is 1.74. The van der Waals surface area contributed by atoms with E-state index in [9.17, 15) is 13.2 Å². The van der Waals surface area contributed by atoms with E-state index in [1.54, 1.807) is 6.92 Å². The highest BCUT2D eigenvalue weighted by Crippen LogP contribution is 2.11. The van der Waals surface area contributed by atoms with Gasteiger partial charge in [0.1, 0.15) is 0 Å². The van der Waals surface area contributed by atoms with Gasteiger partial charge in [-0.25, -0.2) is 13.1 Å². The van der Waals surface area contributed by atoms with E-state index in [4.69, 9.17) is 10.4 Å². The van der Waals surface area contributed by atoms with Gasteiger partial charge in [0.15, 0.2) is 0 Å². The molecule has 0 bridgehead atoms. The van der Waals surface area contributed by atoms with Gasteiger partial charge in [0.25, 0.3) is 0 Å². The van der Waals surface area contributed by atoms with E-state index >= 15 is 0 Å². The molecule has 0 aliphatic heterocycles. The van der Waals surface area contributed by atoms with Crippen LogP contribution in [0.3, 0.4) is 0 Å². The summed E-state index contributed by atoms with van der Waals surface area (Å²) in [6.07, 6.45) is 0.834. The number of nitrogens with one attached hydrogen (secondary N) is 1. The van der Waals surface area contributed by atoms with Crippen LogP contribution in [0.4, 0.5) is 0 Å². The Kier molecular flexibility index (Phi) is 5.67. The lowest BCUT2D eigenvalue weighted by Gasteiger charge is -2.08. The molecule has 0 amide bonds. The van der Waals surface area contributed by atoms with Crippen LogP contribution in [-0.4, -0.2) is 26.0 Å². The van der Waals surface area contributed by atoms with Gasteiger partial charge in [-0.2, -0.15) is 5.26 Å². The molecule has 0 aliphatic rings. The summed E-state index contributed by atoms with van der Waals surface area (Å²) in [4.78, 5) is 10.6. The van der Waals surface area contributed by atoms with E-state index in [0.717, 1.165) is 0 Å². The lowest BCUT2D eigenvalue weighted by Crippen LogP contribution is -2.25. The lowest BCUT2D eigenvalue weighted by atomic mass is 10.1. The first-order valence-corrected chi connectivity index (χ1v) is 7.58. The molecule has 1 rings (SSSR count). The molecule has 0 spiro atoms. The van der Waals surface area contributed by atoms with E-state index in [0.29, 0.717) is 12.8 Å². The number of benzene rings is 1. The number of carbonyl (C=O) groups is 1. The minimum atomic E-state index is -3.66. The van der Waals surface area contributed by atoms with Gasteiger partial charge >= 0.3 is 5.97 Å². The predicted molar refractivity (Wildman–Crippen MR) is 72.4 cm³/mol. The first kappa shape index (κ1) is 16.1. The average molecular weight is 296 g/mol. The number of carboxylic acid groups (broad SMARTS) is 1. The Hall–Kier alpha value is -1.91. The van der Waals surface area contributed by atoms with Crippen molar-refractivity contribution in [3.05, 3.63) is 29.8 Å². The van der Waals surface area contributed by atoms with Gasteiger partial charge in [0.05, 0.1) is 22.4 Å². The Balaban J connectivity index is 2.58. The Labute approximate surface area is 118 Å². The zero-order valence-electron chi connectivity index (χ0n) is 11.0. The third kappa shape index (κ3) is 4.64. The number of carboxylic acids is 1. The SMILES string of the molecule is CC(CCCNS(=O)(=O)c1cccc(C#N)c1)C(=O)O.